The summed E-state index contributed by atoms with van der Waals surface area (Å²) < 4.78 is 6.74. The molecule has 1 fully saturated rings. The topological polar surface area (TPSA) is 79.7 Å². The number of Topliss-reactive ketones (excluding diaryl/α,β-unsaturated/α-hetero) is 1. The van der Waals surface area contributed by atoms with Crippen LogP contribution in [-0.4, -0.2) is 27.9 Å². The van der Waals surface area contributed by atoms with E-state index < -0.39 is 17.7 Å². The molecule has 0 saturated carbocycles. The number of thiazole rings is 1. The number of carbonyl (C=O) groups excluding carboxylic acids is 2. The minimum absolute atomic E-state index is 0.0481. The second-order valence-electron chi connectivity index (χ2n) is 11.5. The standard InChI is InChI=1S/C32H30N2O4S/c1-17-6-12-23-25(14-17)39-31(33-23)34-27(19-7-10-22(11-8-19)32(3,4)5)26(29(36)30(34)37)28(35)20-9-13-24-21(16-20)15-18(2)38-24/h6-14,16,18,27,35H,15H2,1-5H3/b28-26+/t18-,27-/m1/s1. The van der Waals surface area contributed by atoms with Crippen molar-refractivity contribution in [1.82, 2.24) is 4.98 Å². The molecule has 3 heterocycles. The van der Waals surface area contributed by atoms with Crippen molar-refractivity contribution in [2.45, 2.75) is 58.6 Å². The van der Waals surface area contributed by atoms with E-state index in [9.17, 15) is 14.7 Å². The lowest BCUT2D eigenvalue weighted by Gasteiger charge is -2.24. The molecule has 1 aromatic heterocycles. The molecule has 4 aromatic rings. The first-order valence-corrected chi connectivity index (χ1v) is 13.9. The fraction of sp³-hybridized carbons (Fsp3) is 0.281. The van der Waals surface area contributed by atoms with Crippen molar-refractivity contribution in [2.24, 2.45) is 0 Å². The normalized spacial score (nSPS) is 20.5. The number of nitrogens with zero attached hydrogens (tertiary/aromatic N) is 2. The van der Waals surface area contributed by atoms with E-state index >= 15 is 0 Å². The molecule has 198 valence electrons. The predicted molar refractivity (Wildman–Crippen MR) is 155 cm³/mol. The molecular weight excluding hydrogens is 508 g/mol. The maximum Gasteiger partial charge on any atom is 0.301 e. The molecule has 0 unspecified atom stereocenters. The van der Waals surface area contributed by atoms with Gasteiger partial charge in [0.05, 0.1) is 21.8 Å². The van der Waals surface area contributed by atoms with Crippen molar-refractivity contribution >= 4 is 44.1 Å². The van der Waals surface area contributed by atoms with Crippen LogP contribution in [0, 0.1) is 6.92 Å². The number of carbonyl (C=O) groups is 2. The summed E-state index contributed by atoms with van der Waals surface area (Å²) >= 11 is 1.37. The van der Waals surface area contributed by atoms with Gasteiger partial charge >= 0.3 is 5.91 Å². The Morgan fingerprint density at radius 1 is 1.05 bits per heavy atom. The maximum absolute atomic E-state index is 13.6. The van der Waals surface area contributed by atoms with Gasteiger partial charge in [-0.2, -0.15) is 0 Å². The Hall–Kier alpha value is -3.97. The number of aliphatic hydroxyl groups excluding tert-OH is 1. The quantitative estimate of drug-likeness (QED) is 0.175. The number of hydrogen-bond donors (Lipinski definition) is 1. The van der Waals surface area contributed by atoms with Crippen molar-refractivity contribution < 1.29 is 19.4 Å². The van der Waals surface area contributed by atoms with Gasteiger partial charge in [-0.05, 0) is 71.8 Å². The first-order valence-electron chi connectivity index (χ1n) is 13.1. The summed E-state index contributed by atoms with van der Waals surface area (Å²) in [7, 11) is 0. The van der Waals surface area contributed by atoms with Gasteiger partial charge < -0.3 is 9.84 Å². The van der Waals surface area contributed by atoms with Gasteiger partial charge in [-0.25, -0.2) is 4.98 Å². The number of aliphatic hydroxyl groups is 1. The molecule has 2 aliphatic rings. The highest BCUT2D eigenvalue weighted by Crippen LogP contribution is 2.45. The monoisotopic (exact) mass is 538 g/mol. The maximum atomic E-state index is 13.6. The summed E-state index contributed by atoms with van der Waals surface area (Å²) in [6.07, 6.45) is 0.764. The summed E-state index contributed by atoms with van der Waals surface area (Å²) in [5.74, 6) is -0.841. The van der Waals surface area contributed by atoms with Crippen molar-refractivity contribution in [3.8, 4) is 5.75 Å². The minimum Gasteiger partial charge on any atom is -0.507 e. The van der Waals surface area contributed by atoms with Gasteiger partial charge in [0, 0.05) is 12.0 Å². The molecule has 2 atom stereocenters. The molecule has 6 rings (SSSR count). The first kappa shape index (κ1) is 25.3. The number of ketones is 1. The van der Waals surface area contributed by atoms with E-state index in [1.807, 2.05) is 68.4 Å². The van der Waals surface area contributed by atoms with Crippen LogP contribution in [0.3, 0.4) is 0 Å². The Labute approximate surface area is 231 Å². The number of aromatic nitrogens is 1. The molecule has 0 bridgehead atoms. The second-order valence-corrected chi connectivity index (χ2v) is 12.5. The van der Waals surface area contributed by atoms with Crippen LogP contribution in [0.5, 0.6) is 5.75 Å². The average Bonchev–Trinajstić information content (AvgIpc) is 3.55. The SMILES string of the molecule is Cc1ccc2nc(N3C(=O)C(=O)/C(=C(/O)c4ccc5c(c4)C[C@@H](C)O5)[C@H]3c3ccc(C(C)(C)C)cc3)sc2c1. The third kappa shape index (κ3) is 4.31. The third-order valence-corrected chi connectivity index (χ3v) is 8.46. The zero-order valence-corrected chi connectivity index (χ0v) is 23.4. The average molecular weight is 539 g/mol. The summed E-state index contributed by atoms with van der Waals surface area (Å²) in [5.41, 5.74) is 5.17. The fourth-order valence-corrected chi connectivity index (χ4v) is 6.45. The van der Waals surface area contributed by atoms with Crippen LogP contribution in [0.1, 0.15) is 61.6 Å². The molecule has 1 amide bonds. The molecular formula is C32H30N2O4S. The Bertz CT molecular complexity index is 1680. The first-order chi connectivity index (χ1) is 18.5. The Morgan fingerprint density at radius 3 is 2.51 bits per heavy atom. The molecule has 7 heteroatoms. The molecule has 39 heavy (non-hydrogen) atoms. The molecule has 0 radical (unpaired) electrons. The number of hydrogen-bond acceptors (Lipinski definition) is 6. The number of ether oxygens (including phenoxy) is 1. The number of rotatable bonds is 3. The lowest BCUT2D eigenvalue weighted by molar-refractivity contribution is -0.132. The number of fused-ring (bicyclic) bond motifs is 2. The van der Waals surface area contributed by atoms with E-state index in [2.05, 4.69) is 20.8 Å². The third-order valence-electron chi connectivity index (χ3n) is 7.45. The lowest BCUT2D eigenvalue weighted by atomic mass is 9.85. The molecule has 0 spiro atoms. The van der Waals surface area contributed by atoms with Crippen LogP contribution in [0.2, 0.25) is 0 Å². The van der Waals surface area contributed by atoms with E-state index in [4.69, 9.17) is 9.72 Å². The Morgan fingerprint density at radius 2 is 1.79 bits per heavy atom. The number of benzene rings is 3. The number of amides is 1. The van der Waals surface area contributed by atoms with Gasteiger partial charge in [-0.3, -0.25) is 14.5 Å². The van der Waals surface area contributed by atoms with E-state index in [0.29, 0.717) is 17.1 Å². The van der Waals surface area contributed by atoms with Gasteiger partial charge in [-0.15, -0.1) is 0 Å². The van der Waals surface area contributed by atoms with E-state index in [0.717, 1.165) is 38.2 Å². The van der Waals surface area contributed by atoms with Crippen LogP contribution in [0.25, 0.3) is 16.0 Å². The summed E-state index contributed by atoms with van der Waals surface area (Å²) in [5, 5.41) is 12.0. The highest BCUT2D eigenvalue weighted by atomic mass is 32.1. The van der Waals surface area contributed by atoms with Crippen molar-refractivity contribution in [1.29, 1.82) is 0 Å². The van der Waals surface area contributed by atoms with E-state index in [1.54, 1.807) is 6.07 Å². The Kier molecular flexibility index (Phi) is 5.88. The molecule has 6 nitrogen and oxygen atoms in total. The summed E-state index contributed by atoms with van der Waals surface area (Å²) in [6, 6.07) is 18.4. The van der Waals surface area contributed by atoms with Gasteiger partial charge in [-0.1, -0.05) is 62.4 Å². The summed E-state index contributed by atoms with van der Waals surface area (Å²) in [6.45, 7) is 10.4. The zero-order valence-electron chi connectivity index (χ0n) is 22.6. The number of anilines is 1. The molecule has 1 N–H and O–H groups in total. The van der Waals surface area contributed by atoms with Gasteiger partial charge in [0.15, 0.2) is 5.13 Å². The zero-order chi connectivity index (χ0) is 27.6. The van der Waals surface area contributed by atoms with Crippen LogP contribution in [0.4, 0.5) is 5.13 Å². The molecule has 0 aliphatic carbocycles. The molecule has 1 saturated heterocycles. The number of aryl methyl sites for hydroxylation is 1. The van der Waals surface area contributed by atoms with Crippen molar-refractivity contribution in [2.75, 3.05) is 4.90 Å². The fourth-order valence-electron chi connectivity index (χ4n) is 5.36. The molecule has 3 aromatic carbocycles. The summed E-state index contributed by atoms with van der Waals surface area (Å²) in [4.78, 5) is 33.4. The van der Waals surface area contributed by atoms with Crippen molar-refractivity contribution in [3.05, 3.63) is 94.1 Å². The van der Waals surface area contributed by atoms with Gasteiger partial charge in [0.25, 0.3) is 5.78 Å². The molecule has 2 aliphatic heterocycles. The smallest absolute Gasteiger partial charge is 0.301 e. The Balaban J connectivity index is 1.53. The minimum atomic E-state index is -0.816. The van der Waals surface area contributed by atoms with Crippen LogP contribution in [-0.2, 0) is 21.4 Å². The van der Waals surface area contributed by atoms with Crippen LogP contribution < -0.4 is 9.64 Å². The van der Waals surface area contributed by atoms with Crippen molar-refractivity contribution in [3.63, 3.8) is 0 Å². The predicted octanol–water partition coefficient (Wildman–Crippen LogP) is 6.85. The van der Waals surface area contributed by atoms with Crippen LogP contribution in [0.15, 0.2) is 66.2 Å². The van der Waals surface area contributed by atoms with Gasteiger partial charge in [0.2, 0.25) is 0 Å². The van der Waals surface area contributed by atoms with E-state index in [1.165, 1.54) is 16.2 Å². The van der Waals surface area contributed by atoms with Crippen LogP contribution >= 0.6 is 11.3 Å². The lowest BCUT2D eigenvalue weighted by Crippen LogP contribution is -2.29. The highest BCUT2D eigenvalue weighted by molar-refractivity contribution is 7.22. The van der Waals surface area contributed by atoms with E-state index in [-0.39, 0.29) is 22.9 Å². The largest absolute Gasteiger partial charge is 0.507 e. The second kappa shape index (κ2) is 9.06. The van der Waals surface area contributed by atoms with Gasteiger partial charge in [0.1, 0.15) is 17.6 Å². The highest BCUT2D eigenvalue weighted by Gasteiger charge is 2.48.